The Morgan fingerprint density at radius 3 is 2.63 bits per heavy atom. The van der Waals surface area contributed by atoms with E-state index in [2.05, 4.69) is 38.2 Å². The summed E-state index contributed by atoms with van der Waals surface area (Å²) in [6.45, 7) is 8.21. The fourth-order valence-electron chi connectivity index (χ4n) is 2.95. The van der Waals surface area contributed by atoms with Crippen LogP contribution in [0.3, 0.4) is 0 Å². The van der Waals surface area contributed by atoms with Gasteiger partial charge in [0.25, 0.3) is 0 Å². The molecule has 0 aromatic carbocycles. The van der Waals surface area contributed by atoms with E-state index in [1.807, 2.05) is 6.92 Å². The molecule has 102 valence electrons. The lowest BCUT2D eigenvalue weighted by Gasteiger charge is -2.39. The third-order valence-electron chi connectivity index (χ3n) is 3.94. The number of nitrogens with one attached hydrogen (secondary N) is 1. The summed E-state index contributed by atoms with van der Waals surface area (Å²) in [5.74, 6) is 0.370. The number of carbonyl (C=O) groups is 1. The van der Waals surface area contributed by atoms with Crippen LogP contribution in [0.5, 0.6) is 0 Å². The Bertz CT molecular complexity index is 535. The molecule has 2 rings (SSSR count). The summed E-state index contributed by atoms with van der Waals surface area (Å²) in [5, 5.41) is 12.3. The van der Waals surface area contributed by atoms with E-state index < -0.39 is 5.41 Å². The molecular formula is C15H20N2OS. The number of nitrogens with zero attached hydrogens (tertiary/aromatic N) is 1. The molecule has 1 aliphatic rings. The maximum Gasteiger partial charge on any atom is 0.240 e. The van der Waals surface area contributed by atoms with Gasteiger partial charge in [-0.05, 0) is 51.2 Å². The second kappa shape index (κ2) is 4.97. The van der Waals surface area contributed by atoms with E-state index in [1.54, 1.807) is 11.3 Å². The van der Waals surface area contributed by atoms with Crippen molar-refractivity contribution in [2.75, 3.05) is 0 Å². The maximum absolute atomic E-state index is 12.3. The molecule has 0 radical (unpaired) electrons. The number of nitriles is 1. The van der Waals surface area contributed by atoms with Crippen molar-refractivity contribution < 1.29 is 4.79 Å². The van der Waals surface area contributed by atoms with Crippen LogP contribution in [0.4, 0.5) is 0 Å². The zero-order valence-electron chi connectivity index (χ0n) is 11.9. The molecule has 19 heavy (non-hydrogen) atoms. The average Bonchev–Trinajstić information content (AvgIpc) is 2.63. The molecule has 1 N–H and O–H groups in total. The summed E-state index contributed by atoms with van der Waals surface area (Å²) >= 11 is 1.74. The largest absolute Gasteiger partial charge is 0.348 e. The molecule has 1 unspecified atom stereocenters. The molecule has 0 saturated heterocycles. The lowest BCUT2D eigenvalue weighted by molar-refractivity contribution is -0.134. The fourth-order valence-corrected chi connectivity index (χ4v) is 3.97. The Morgan fingerprint density at radius 2 is 2.21 bits per heavy atom. The Morgan fingerprint density at radius 1 is 1.58 bits per heavy atom. The smallest absolute Gasteiger partial charge is 0.240 e. The van der Waals surface area contributed by atoms with E-state index in [-0.39, 0.29) is 11.9 Å². The van der Waals surface area contributed by atoms with Crippen molar-refractivity contribution in [1.29, 1.82) is 5.26 Å². The summed E-state index contributed by atoms with van der Waals surface area (Å²) in [4.78, 5) is 14.8. The van der Waals surface area contributed by atoms with Crippen LogP contribution in [0.25, 0.3) is 0 Å². The zero-order valence-corrected chi connectivity index (χ0v) is 12.7. The van der Waals surface area contributed by atoms with Crippen LogP contribution in [0, 0.1) is 36.5 Å². The average molecular weight is 276 g/mol. The van der Waals surface area contributed by atoms with Gasteiger partial charge in [-0.25, -0.2) is 0 Å². The molecule has 1 aliphatic carbocycles. The number of carbonyl (C=O) groups excluding carboxylic acids is 1. The molecule has 1 atom stereocenters. The first-order valence-electron chi connectivity index (χ1n) is 6.67. The van der Waals surface area contributed by atoms with Gasteiger partial charge in [0.1, 0.15) is 5.41 Å². The van der Waals surface area contributed by atoms with E-state index in [9.17, 15) is 10.1 Å². The summed E-state index contributed by atoms with van der Waals surface area (Å²) in [5.41, 5.74) is 0.378. The van der Waals surface area contributed by atoms with E-state index in [4.69, 9.17) is 0 Å². The topological polar surface area (TPSA) is 52.9 Å². The fraction of sp³-hybridized carbons (Fsp3) is 0.600. The van der Waals surface area contributed by atoms with Gasteiger partial charge in [0.15, 0.2) is 0 Å². The first kappa shape index (κ1) is 14.1. The number of amides is 1. The van der Waals surface area contributed by atoms with Crippen molar-refractivity contribution in [2.45, 2.75) is 46.6 Å². The van der Waals surface area contributed by atoms with Crippen LogP contribution < -0.4 is 5.32 Å². The van der Waals surface area contributed by atoms with E-state index in [0.717, 1.165) is 5.56 Å². The maximum atomic E-state index is 12.3. The third-order valence-corrected chi connectivity index (χ3v) is 4.92. The minimum Gasteiger partial charge on any atom is -0.348 e. The number of rotatable bonds is 3. The van der Waals surface area contributed by atoms with Gasteiger partial charge in [0.2, 0.25) is 5.91 Å². The van der Waals surface area contributed by atoms with Crippen molar-refractivity contribution in [2.24, 2.45) is 11.3 Å². The molecule has 1 saturated carbocycles. The van der Waals surface area contributed by atoms with Crippen LogP contribution in [-0.4, -0.2) is 5.91 Å². The van der Waals surface area contributed by atoms with Gasteiger partial charge in [-0.3, -0.25) is 4.79 Å². The predicted octanol–water partition coefficient (Wildman–Crippen LogP) is 3.48. The van der Waals surface area contributed by atoms with Gasteiger partial charge < -0.3 is 5.32 Å². The van der Waals surface area contributed by atoms with Gasteiger partial charge in [-0.15, -0.1) is 11.3 Å². The lowest BCUT2D eigenvalue weighted by atomic mass is 9.63. The molecule has 0 spiro atoms. The van der Waals surface area contributed by atoms with E-state index >= 15 is 0 Å². The van der Waals surface area contributed by atoms with Crippen molar-refractivity contribution in [1.82, 2.24) is 5.32 Å². The summed E-state index contributed by atoms with van der Waals surface area (Å²) in [7, 11) is 0. The second-order valence-electron chi connectivity index (χ2n) is 5.77. The van der Waals surface area contributed by atoms with Crippen molar-refractivity contribution >= 4 is 17.2 Å². The van der Waals surface area contributed by atoms with Gasteiger partial charge in [0.05, 0.1) is 12.1 Å². The normalized spacial score (nSPS) is 27.2. The highest BCUT2D eigenvalue weighted by Gasteiger charge is 2.49. The molecule has 4 heteroatoms. The highest BCUT2D eigenvalue weighted by Crippen LogP contribution is 2.45. The van der Waals surface area contributed by atoms with E-state index in [1.165, 1.54) is 9.75 Å². The van der Waals surface area contributed by atoms with Gasteiger partial charge in [0, 0.05) is 9.75 Å². The molecule has 1 amide bonds. The first-order chi connectivity index (χ1) is 8.88. The number of hydrogen-bond donors (Lipinski definition) is 1. The Hall–Kier alpha value is -1.34. The summed E-state index contributed by atoms with van der Waals surface area (Å²) in [6.07, 6.45) is 1.37. The van der Waals surface area contributed by atoms with Crippen LogP contribution in [-0.2, 0) is 4.79 Å². The molecule has 1 aromatic rings. The van der Waals surface area contributed by atoms with Gasteiger partial charge in [-0.2, -0.15) is 5.26 Å². The lowest BCUT2D eigenvalue weighted by Crippen LogP contribution is -2.48. The quantitative estimate of drug-likeness (QED) is 0.919. The molecule has 0 aliphatic heterocycles. The standard InChI is InChI=1S/C15H20N2OS/c1-9-6-15(7-9,8-16)14(18)17-11(3)13-5-10(2)19-12(13)4/h5,9,11H,6-7H2,1-4H3,(H,17,18). The van der Waals surface area contributed by atoms with Crippen molar-refractivity contribution in [3.05, 3.63) is 21.4 Å². The highest BCUT2D eigenvalue weighted by molar-refractivity contribution is 7.12. The summed E-state index contributed by atoms with van der Waals surface area (Å²) < 4.78 is 0. The molecule has 1 fully saturated rings. The van der Waals surface area contributed by atoms with Crippen LogP contribution in [0.2, 0.25) is 0 Å². The second-order valence-corrected chi connectivity index (χ2v) is 7.23. The molecule has 1 heterocycles. The van der Waals surface area contributed by atoms with E-state index in [0.29, 0.717) is 18.8 Å². The minimum absolute atomic E-state index is 0.0291. The Kier molecular flexibility index (Phi) is 3.69. The van der Waals surface area contributed by atoms with Crippen LogP contribution >= 0.6 is 11.3 Å². The third kappa shape index (κ3) is 2.52. The van der Waals surface area contributed by atoms with Crippen molar-refractivity contribution in [3.63, 3.8) is 0 Å². The van der Waals surface area contributed by atoms with Crippen LogP contribution in [0.15, 0.2) is 6.07 Å². The minimum atomic E-state index is -0.785. The summed E-state index contributed by atoms with van der Waals surface area (Å²) in [6, 6.07) is 4.30. The number of thiophene rings is 1. The molecule has 1 aromatic heterocycles. The Labute approximate surface area is 118 Å². The van der Waals surface area contributed by atoms with Gasteiger partial charge in [-0.1, -0.05) is 6.92 Å². The van der Waals surface area contributed by atoms with Crippen molar-refractivity contribution in [3.8, 4) is 6.07 Å². The predicted molar refractivity (Wildman–Crippen MR) is 76.8 cm³/mol. The monoisotopic (exact) mass is 276 g/mol. The highest BCUT2D eigenvalue weighted by atomic mass is 32.1. The molecular weight excluding hydrogens is 256 g/mol. The number of hydrogen-bond acceptors (Lipinski definition) is 3. The zero-order chi connectivity index (χ0) is 14.2. The Balaban J connectivity index is 2.07. The first-order valence-corrected chi connectivity index (χ1v) is 7.49. The molecule has 0 bridgehead atoms. The number of aryl methyl sites for hydroxylation is 2. The molecule has 3 nitrogen and oxygen atoms in total. The van der Waals surface area contributed by atoms with Crippen LogP contribution in [0.1, 0.15) is 48.0 Å². The SMILES string of the molecule is Cc1cc(C(C)NC(=O)C2(C#N)CC(C)C2)c(C)s1. The van der Waals surface area contributed by atoms with Gasteiger partial charge >= 0.3 is 0 Å².